The largest absolute Gasteiger partial charge is 0.481 e. The van der Waals surface area contributed by atoms with Crippen LogP contribution in [0, 0.1) is 11.8 Å². The van der Waals surface area contributed by atoms with E-state index in [4.69, 9.17) is 15.2 Å². The molecule has 15 nitrogen and oxygen atoms in total. The molecule has 2 aliphatic heterocycles. The van der Waals surface area contributed by atoms with Gasteiger partial charge in [0.2, 0.25) is 5.72 Å². The van der Waals surface area contributed by atoms with E-state index in [2.05, 4.69) is 28.8 Å². The number of amides is 3. The van der Waals surface area contributed by atoms with E-state index in [1.54, 1.807) is 6.92 Å². The van der Waals surface area contributed by atoms with Gasteiger partial charge in [0, 0.05) is 25.6 Å². The number of aromatic nitrogens is 1. The highest BCUT2D eigenvalue weighted by molar-refractivity contribution is 7.13. The summed E-state index contributed by atoms with van der Waals surface area (Å²) in [7, 11) is 1.16. The van der Waals surface area contributed by atoms with Gasteiger partial charge in [-0.15, -0.1) is 17.9 Å². The molecule has 16 heteroatoms. The molecule has 1 aromatic rings. The Morgan fingerprint density at radius 1 is 1.32 bits per heavy atom. The number of carboxylic acids is 2. The molecule has 3 rings (SSSR count). The second kappa shape index (κ2) is 12.4. The van der Waals surface area contributed by atoms with Crippen LogP contribution in [-0.4, -0.2) is 87.9 Å². The lowest BCUT2D eigenvalue weighted by atomic mass is 9.90. The molecule has 1 aromatic heterocycles. The Morgan fingerprint density at radius 3 is 2.58 bits per heavy atom. The summed E-state index contributed by atoms with van der Waals surface area (Å²) in [6.45, 7) is 8.48. The van der Waals surface area contributed by atoms with Crippen molar-refractivity contribution in [1.29, 1.82) is 0 Å². The zero-order valence-electron chi connectivity index (χ0n) is 21.8. The van der Waals surface area contributed by atoms with Crippen LogP contribution < -0.4 is 16.4 Å². The molecule has 0 spiro atoms. The number of methoxy groups -OCH3 is 1. The molecule has 3 heterocycles. The van der Waals surface area contributed by atoms with Gasteiger partial charge < -0.3 is 25.0 Å². The molecule has 40 heavy (non-hydrogen) atoms. The number of carbonyl (C=O) groups excluding carboxylic acids is 3. The van der Waals surface area contributed by atoms with Crippen molar-refractivity contribution < 1.29 is 43.7 Å². The number of ether oxygens (including phenoxy) is 2. The van der Waals surface area contributed by atoms with E-state index in [9.17, 15) is 34.2 Å². The Labute approximate surface area is 232 Å². The molecule has 3 unspecified atom stereocenters. The topological polar surface area (TPSA) is 214 Å². The lowest BCUT2D eigenvalue weighted by Crippen LogP contribution is -2.57. The SMILES string of the molecule is C=CCOC(=O)Nc1nc(C(N)(OC)C(=O)N[C@H]2CN3CC(C(CC)C(=O)O)=C(C(C=C)C(=O)O)N3C2=O)cs1. The first-order valence-corrected chi connectivity index (χ1v) is 12.9. The van der Waals surface area contributed by atoms with Crippen molar-refractivity contribution in [3.05, 3.63) is 47.7 Å². The molecule has 1 fully saturated rings. The summed E-state index contributed by atoms with van der Waals surface area (Å²) in [6.07, 6.45) is 1.87. The second-order valence-electron chi connectivity index (χ2n) is 8.77. The van der Waals surface area contributed by atoms with E-state index >= 15 is 0 Å². The van der Waals surface area contributed by atoms with Gasteiger partial charge >= 0.3 is 18.0 Å². The van der Waals surface area contributed by atoms with Crippen LogP contribution in [0.5, 0.6) is 0 Å². The zero-order chi connectivity index (χ0) is 29.8. The molecule has 2 aliphatic rings. The minimum Gasteiger partial charge on any atom is -0.481 e. The molecule has 0 aromatic carbocycles. The van der Waals surface area contributed by atoms with Crippen molar-refractivity contribution in [3.63, 3.8) is 0 Å². The van der Waals surface area contributed by atoms with Crippen molar-refractivity contribution in [2.45, 2.75) is 25.1 Å². The summed E-state index contributed by atoms with van der Waals surface area (Å²) in [5.41, 5.74) is 4.27. The number of anilines is 1. The maximum Gasteiger partial charge on any atom is 0.413 e. The van der Waals surface area contributed by atoms with Crippen LogP contribution >= 0.6 is 11.3 Å². The Kier molecular flexibility index (Phi) is 9.41. The van der Waals surface area contributed by atoms with Crippen molar-refractivity contribution in [2.75, 3.05) is 32.1 Å². The van der Waals surface area contributed by atoms with Gasteiger partial charge in [0.15, 0.2) is 5.13 Å². The molecule has 0 bridgehead atoms. The number of hydrazine groups is 1. The summed E-state index contributed by atoms with van der Waals surface area (Å²) in [4.78, 5) is 66.5. The number of carbonyl (C=O) groups is 5. The van der Waals surface area contributed by atoms with Crippen molar-refractivity contribution in [1.82, 2.24) is 20.3 Å². The van der Waals surface area contributed by atoms with Gasteiger partial charge in [0.1, 0.15) is 24.3 Å². The summed E-state index contributed by atoms with van der Waals surface area (Å²) in [5.74, 6) is -6.46. The van der Waals surface area contributed by atoms with E-state index < -0.39 is 53.4 Å². The van der Waals surface area contributed by atoms with Gasteiger partial charge in [0.05, 0.1) is 11.6 Å². The molecular weight excluding hydrogens is 548 g/mol. The first-order chi connectivity index (χ1) is 18.9. The highest BCUT2D eigenvalue weighted by atomic mass is 32.1. The number of carboxylic acid groups (broad SMARTS) is 2. The van der Waals surface area contributed by atoms with E-state index in [1.807, 2.05) is 0 Å². The van der Waals surface area contributed by atoms with Crippen LogP contribution in [0.1, 0.15) is 19.0 Å². The molecule has 6 N–H and O–H groups in total. The Bertz CT molecular complexity index is 1260. The molecule has 4 atom stereocenters. The number of aliphatic carboxylic acids is 2. The molecule has 216 valence electrons. The first-order valence-electron chi connectivity index (χ1n) is 12.0. The molecule has 0 radical (unpaired) electrons. The number of nitrogens with two attached hydrogens (primary N) is 1. The molecule has 3 amide bonds. The smallest absolute Gasteiger partial charge is 0.413 e. The van der Waals surface area contributed by atoms with Crippen LogP contribution in [0.15, 0.2) is 42.0 Å². The highest BCUT2D eigenvalue weighted by Gasteiger charge is 2.51. The fourth-order valence-electron chi connectivity index (χ4n) is 4.44. The average Bonchev–Trinajstić information content (AvgIpc) is 3.59. The van der Waals surface area contributed by atoms with Gasteiger partial charge in [0.25, 0.3) is 11.8 Å². The van der Waals surface area contributed by atoms with E-state index in [0.29, 0.717) is 0 Å². The van der Waals surface area contributed by atoms with Crippen LogP contribution in [-0.2, 0) is 34.4 Å². The Balaban J connectivity index is 1.84. The van der Waals surface area contributed by atoms with Crippen molar-refractivity contribution >= 4 is 46.3 Å². The fourth-order valence-corrected chi connectivity index (χ4v) is 5.19. The van der Waals surface area contributed by atoms with Crippen LogP contribution in [0.3, 0.4) is 0 Å². The van der Waals surface area contributed by atoms with Crippen LogP contribution in [0.25, 0.3) is 0 Å². The number of nitrogens with one attached hydrogen (secondary N) is 2. The third-order valence-electron chi connectivity index (χ3n) is 6.41. The highest BCUT2D eigenvalue weighted by Crippen LogP contribution is 2.38. The predicted molar refractivity (Wildman–Crippen MR) is 140 cm³/mol. The maximum absolute atomic E-state index is 13.5. The van der Waals surface area contributed by atoms with Gasteiger partial charge in [-0.05, 0) is 12.0 Å². The number of nitrogens with zero attached hydrogens (tertiary/aromatic N) is 3. The number of rotatable bonds is 13. The van der Waals surface area contributed by atoms with Gasteiger partial charge in [-0.1, -0.05) is 25.7 Å². The monoisotopic (exact) mass is 578 g/mol. The van der Waals surface area contributed by atoms with Gasteiger partial charge in [-0.3, -0.25) is 30.2 Å². The van der Waals surface area contributed by atoms with Crippen LogP contribution in [0.2, 0.25) is 0 Å². The number of hydrogen-bond donors (Lipinski definition) is 5. The normalized spacial score (nSPS) is 19.8. The molecule has 0 aliphatic carbocycles. The van der Waals surface area contributed by atoms with Gasteiger partial charge in [-0.2, -0.15) is 0 Å². The Morgan fingerprint density at radius 2 is 2.02 bits per heavy atom. The summed E-state index contributed by atoms with van der Waals surface area (Å²) >= 11 is 0.952. The third-order valence-corrected chi connectivity index (χ3v) is 7.16. The molecular formula is C24H30N6O9S. The first kappa shape index (κ1) is 30.4. The van der Waals surface area contributed by atoms with E-state index in [1.165, 1.54) is 16.5 Å². The third kappa shape index (κ3) is 5.74. The minimum atomic E-state index is -2.16. The fraction of sp³-hybridized carbons (Fsp3) is 0.417. The summed E-state index contributed by atoms with van der Waals surface area (Å²) in [5, 5.41) is 28.4. The number of thiazole rings is 1. The number of hydrogen-bond acceptors (Lipinski definition) is 11. The summed E-state index contributed by atoms with van der Waals surface area (Å²) in [6, 6.07) is -1.17. The molecule has 1 saturated heterocycles. The quantitative estimate of drug-likeness (QED) is 0.159. The Hall–Kier alpha value is -4.12. The minimum absolute atomic E-state index is 0.0113. The summed E-state index contributed by atoms with van der Waals surface area (Å²) < 4.78 is 10.1. The standard InChI is InChI=1S/C24H30N6O9S/c1-5-8-39-23(37)28-22-27-16(11-40-22)24(25,38-4)21(36)26-15-10-29-9-14(12(6-2)19(32)33)17(30(29)18(15)31)13(7-3)20(34)35/h5,7,11-13,15H,1,3,6,8-10,25H2,2,4H3,(H,26,36)(H,32,33)(H,34,35)(H,27,28,37)/t12?,13?,15-,24?/m0/s1. The lowest BCUT2D eigenvalue weighted by molar-refractivity contribution is -0.148. The van der Waals surface area contributed by atoms with E-state index in [-0.39, 0.29) is 48.2 Å². The average molecular weight is 579 g/mol. The van der Waals surface area contributed by atoms with Crippen LogP contribution in [0.4, 0.5) is 9.93 Å². The number of fused-ring (bicyclic) bond motifs is 1. The second-order valence-corrected chi connectivity index (χ2v) is 9.63. The van der Waals surface area contributed by atoms with E-state index in [0.717, 1.165) is 29.5 Å². The lowest BCUT2D eigenvalue weighted by Gasteiger charge is -2.26. The molecule has 0 saturated carbocycles. The zero-order valence-corrected chi connectivity index (χ0v) is 22.6. The maximum atomic E-state index is 13.5. The van der Waals surface area contributed by atoms with Crippen molar-refractivity contribution in [3.8, 4) is 0 Å². The predicted octanol–water partition coefficient (Wildman–Crippen LogP) is 0.445. The van der Waals surface area contributed by atoms with Crippen molar-refractivity contribution in [2.24, 2.45) is 17.6 Å². The van der Waals surface area contributed by atoms with Gasteiger partial charge in [-0.25, -0.2) is 19.8 Å².